The minimum absolute atomic E-state index is 0.0213. The van der Waals surface area contributed by atoms with Crippen LogP contribution in [0.4, 0.5) is 17.1 Å². The highest BCUT2D eigenvalue weighted by Crippen LogP contribution is 2.41. The fraction of sp³-hybridized carbons (Fsp3) is 0.312. The number of hydroxylamine groups is 1. The maximum absolute atomic E-state index is 11.4. The molecule has 24 heavy (non-hydrogen) atoms. The number of hydrazone groups is 1. The second-order valence-corrected chi connectivity index (χ2v) is 6.13. The Hall–Kier alpha value is -2.87. The summed E-state index contributed by atoms with van der Waals surface area (Å²) in [7, 11) is 1.86. The van der Waals surface area contributed by atoms with Crippen LogP contribution in [-0.2, 0) is 18.4 Å². The van der Waals surface area contributed by atoms with Gasteiger partial charge in [-0.1, -0.05) is 0 Å². The van der Waals surface area contributed by atoms with Crippen LogP contribution < -0.4 is 15.4 Å². The summed E-state index contributed by atoms with van der Waals surface area (Å²) in [5, 5.41) is 24.9. The normalized spacial score (nSPS) is 18.5. The fourth-order valence-corrected chi connectivity index (χ4v) is 3.30. The molecule has 8 nitrogen and oxygen atoms in total. The molecule has 0 saturated carbocycles. The lowest BCUT2D eigenvalue weighted by atomic mass is 9.96. The summed E-state index contributed by atoms with van der Waals surface area (Å²) in [5.41, 5.74) is 4.37. The predicted octanol–water partition coefficient (Wildman–Crippen LogP) is 1.68. The number of nitrogens with zero attached hydrogens (tertiary/aromatic N) is 5. The van der Waals surface area contributed by atoms with E-state index < -0.39 is 0 Å². The smallest absolute Gasteiger partial charge is 0.221 e. The SMILES string of the molecule is CC(=O)Nc1cc2c3c(c1)N(O)CC3C=NN(c1cnn(C)c1)C2. The zero-order valence-electron chi connectivity index (χ0n) is 13.5. The Balaban J connectivity index is 1.78. The van der Waals surface area contributed by atoms with E-state index in [1.165, 1.54) is 12.0 Å². The lowest BCUT2D eigenvalue weighted by Gasteiger charge is -2.19. The molecule has 4 rings (SSSR count). The van der Waals surface area contributed by atoms with Gasteiger partial charge in [0, 0.05) is 38.0 Å². The number of amides is 1. The van der Waals surface area contributed by atoms with Crippen molar-refractivity contribution in [2.45, 2.75) is 19.4 Å². The molecule has 2 aliphatic rings. The van der Waals surface area contributed by atoms with Crippen molar-refractivity contribution in [1.82, 2.24) is 9.78 Å². The highest BCUT2D eigenvalue weighted by atomic mass is 16.5. The largest absolute Gasteiger partial charge is 0.326 e. The van der Waals surface area contributed by atoms with Crippen LogP contribution in [0.2, 0.25) is 0 Å². The van der Waals surface area contributed by atoms with Crippen LogP contribution in [-0.4, -0.2) is 33.7 Å². The third kappa shape index (κ3) is 2.41. The molecule has 1 aromatic carbocycles. The van der Waals surface area contributed by atoms with Gasteiger partial charge in [0.05, 0.1) is 30.7 Å². The highest BCUT2D eigenvalue weighted by Gasteiger charge is 2.32. The lowest BCUT2D eigenvalue weighted by Crippen LogP contribution is -2.19. The van der Waals surface area contributed by atoms with Crippen LogP contribution in [0.3, 0.4) is 0 Å². The van der Waals surface area contributed by atoms with Crippen LogP contribution in [0.25, 0.3) is 0 Å². The number of hydrogen-bond acceptors (Lipinski definition) is 6. The average Bonchev–Trinajstić information content (AvgIpc) is 3.02. The van der Waals surface area contributed by atoms with E-state index in [9.17, 15) is 10.0 Å². The summed E-state index contributed by atoms with van der Waals surface area (Å²) in [5.74, 6) is -0.122. The van der Waals surface area contributed by atoms with Gasteiger partial charge in [0.25, 0.3) is 0 Å². The Labute approximate surface area is 138 Å². The number of carbonyl (C=O) groups excluding carboxylic acids is 1. The molecule has 1 aromatic heterocycles. The van der Waals surface area contributed by atoms with Crippen molar-refractivity contribution in [3.63, 3.8) is 0 Å². The van der Waals surface area contributed by atoms with Gasteiger partial charge in [-0.2, -0.15) is 10.2 Å². The zero-order chi connectivity index (χ0) is 16.8. The van der Waals surface area contributed by atoms with Gasteiger partial charge in [-0.05, 0) is 23.3 Å². The molecule has 8 heteroatoms. The first-order valence-electron chi connectivity index (χ1n) is 7.72. The van der Waals surface area contributed by atoms with E-state index in [0.717, 1.165) is 22.5 Å². The number of carbonyl (C=O) groups is 1. The van der Waals surface area contributed by atoms with Crippen LogP contribution in [0, 0.1) is 0 Å². The average molecular weight is 326 g/mol. The van der Waals surface area contributed by atoms with Crippen molar-refractivity contribution in [2.75, 3.05) is 21.9 Å². The maximum Gasteiger partial charge on any atom is 0.221 e. The Kier molecular flexibility index (Phi) is 3.27. The minimum Gasteiger partial charge on any atom is -0.326 e. The number of aromatic nitrogens is 2. The number of aryl methyl sites for hydroxylation is 1. The quantitative estimate of drug-likeness (QED) is 0.877. The van der Waals surface area contributed by atoms with Crippen molar-refractivity contribution < 1.29 is 10.0 Å². The van der Waals surface area contributed by atoms with E-state index in [2.05, 4.69) is 15.5 Å². The first-order valence-corrected chi connectivity index (χ1v) is 7.72. The molecule has 0 saturated heterocycles. The molecule has 0 bridgehead atoms. The van der Waals surface area contributed by atoms with Gasteiger partial charge in [-0.25, -0.2) is 0 Å². The molecule has 2 N–H and O–H groups in total. The Bertz CT molecular complexity index is 843. The maximum atomic E-state index is 11.4. The van der Waals surface area contributed by atoms with Crippen molar-refractivity contribution in [1.29, 1.82) is 0 Å². The lowest BCUT2D eigenvalue weighted by molar-refractivity contribution is -0.114. The highest BCUT2D eigenvalue weighted by molar-refractivity contribution is 5.91. The van der Waals surface area contributed by atoms with E-state index in [1.54, 1.807) is 16.9 Å². The topological polar surface area (TPSA) is 86.0 Å². The molecule has 2 aliphatic heterocycles. The van der Waals surface area contributed by atoms with Gasteiger partial charge >= 0.3 is 0 Å². The standard InChI is InChI=1S/C16H18N6O2/c1-10(23)19-13-3-11-7-21(14-6-17-20(2)9-14)18-5-12-8-22(24)15(4-13)16(11)12/h3-6,9,12,24H,7-8H2,1-2H3,(H,19,23). The molecular weight excluding hydrogens is 308 g/mol. The number of rotatable bonds is 2. The number of nitrogens with one attached hydrogen (secondary N) is 1. The van der Waals surface area contributed by atoms with E-state index in [-0.39, 0.29) is 11.8 Å². The summed E-state index contributed by atoms with van der Waals surface area (Å²) in [6.07, 6.45) is 5.52. The van der Waals surface area contributed by atoms with Gasteiger partial charge < -0.3 is 5.32 Å². The van der Waals surface area contributed by atoms with Crippen LogP contribution in [0.1, 0.15) is 24.0 Å². The van der Waals surface area contributed by atoms with E-state index in [0.29, 0.717) is 18.8 Å². The van der Waals surface area contributed by atoms with Crippen molar-refractivity contribution >= 4 is 29.2 Å². The molecule has 3 heterocycles. The van der Waals surface area contributed by atoms with Crippen molar-refractivity contribution in [2.24, 2.45) is 12.1 Å². The molecule has 0 fully saturated rings. The molecular formula is C16H18N6O2. The van der Waals surface area contributed by atoms with Gasteiger partial charge in [-0.3, -0.25) is 24.8 Å². The van der Waals surface area contributed by atoms with E-state index in [1.807, 2.05) is 30.5 Å². The van der Waals surface area contributed by atoms with Gasteiger partial charge in [0.1, 0.15) is 0 Å². The second-order valence-electron chi connectivity index (χ2n) is 6.13. The molecule has 0 radical (unpaired) electrons. The summed E-state index contributed by atoms with van der Waals surface area (Å²) in [6, 6.07) is 3.75. The van der Waals surface area contributed by atoms with Crippen LogP contribution >= 0.6 is 0 Å². The fourth-order valence-electron chi connectivity index (χ4n) is 3.30. The summed E-state index contributed by atoms with van der Waals surface area (Å²) >= 11 is 0. The van der Waals surface area contributed by atoms with E-state index >= 15 is 0 Å². The molecule has 0 aliphatic carbocycles. The molecule has 0 spiro atoms. The molecule has 2 aromatic rings. The monoisotopic (exact) mass is 326 g/mol. The van der Waals surface area contributed by atoms with Crippen LogP contribution in [0.15, 0.2) is 29.6 Å². The first kappa shape index (κ1) is 14.7. The van der Waals surface area contributed by atoms with Gasteiger partial charge in [0.15, 0.2) is 0 Å². The summed E-state index contributed by atoms with van der Waals surface area (Å²) in [6.45, 7) is 2.47. The Morgan fingerprint density at radius 3 is 2.96 bits per heavy atom. The third-order valence-corrected chi connectivity index (χ3v) is 4.28. The Morgan fingerprint density at radius 1 is 1.42 bits per heavy atom. The van der Waals surface area contributed by atoms with Crippen LogP contribution in [0.5, 0.6) is 0 Å². The summed E-state index contributed by atoms with van der Waals surface area (Å²) < 4.78 is 1.73. The van der Waals surface area contributed by atoms with Crippen molar-refractivity contribution in [3.05, 3.63) is 35.7 Å². The third-order valence-electron chi connectivity index (χ3n) is 4.28. The molecule has 1 amide bonds. The molecule has 1 atom stereocenters. The van der Waals surface area contributed by atoms with Gasteiger partial charge in [0.2, 0.25) is 5.91 Å². The first-order chi connectivity index (χ1) is 11.5. The number of anilines is 3. The number of benzene rings is 1. The molecule has 1 unspecified atom stereocenters. The predicted molar refractivity (Wildman–Crippen MR) is 90.5 cm³/mol. The Morgan fingerprint density at radius 2 is 2.25 bits per heavy atom. The summed E-state index contributed by atoms with van der Waals surface area (Å²) in [4.78, 5) is 11.4. The van der Waals surface area contributed by atoms with E-state index in [4.69, 9.17) is 0 Å². The van der Waals surface area contributed by atoms with Gasteiger partial charge in [-0.15, -0.1) is 0 Å². The minimum atomic E-state index is -0.143. The van der Waals surface area contributed by atoms with Crippen molar-refractivity contribution in [3.8, 4) is 0 Å². The molecule has 124 valence electrons. The second kappa shape index (κ2) is 5.34. The number of hydrogen-bond donors (Lipinski definition) is 2. The zero-order valence-corrected chi connectivity index (χ0v) is 13.5.